The Morgan fingerprint density at radius 1 is 1.33 bits per heavy atom. The van der Waals surface area contributed by atoms with E-state index in [0.29, 0.717) is 28.8 Å². The van der Waals surface area contributed by atoms with Crippen molar-refractivity contribution in [3.63, 3.8) is 0 Å². The van der Waals surface area contributed by atoms with E-state index in [1.807, 2.05) is 11.5 Å². The van der Waals surface area contributed by atoms with Crippen LogP contribution in [0, 0.1) is 5.82 Å². The van der Waals surface area contributed by atoms with Gasteiger partial charge in [0.25, 0.3) is 0 Å². The van der Waals surface area contributed by atoms with E-state index >= 15 is 0 Å². The molecule has 0 spiro atoms. The minimum atomic E-state index is -0.409. The summed E-state index contributed by atoms with van der Waals surface area (Å²) in [5.41, 5.74) is 0.386. The SMILES string of the molecule is CCCn1c(CCl)nnc1-c1ccc(Cl)cc1F. The summed E-state index contributed by atoms with van der Waals surface area (Å²) in [6.45, 7) is 2.73. The molecule has 18 heavy (non-hydrogen) atoms. The minimum absolute atomic E-state index is 0.252. The molecular weight excluding hydrogens is 276 g/mol. The van der Waals surface area contributed by atoms with Crippen LogP contribution < -0.4 is 0 Å². The topological polar surface area (TPSA) is 30.7 Å². The Morgan fingerprint density at radius 3 is 2.72 bits per heavy atom. The summed E-state index contributed by atoms with van der Waals surface area (Å²) < 4.78 is 15.7. The van der Waals surface area contributed by atoms with Crippen molar-refractivity contribution >= 4 is 23.2 Å². The molecule has 1 aromatic carbocycles. The van der Waals surface area contributed by atoms with E-state index in [-0.39, 0.29) is 5.88 Å². The highest BCUT2D eigenvalue weighted by atomic mass is 35.5. The van der Waals surface area contributed by atoms with E-state index in [0.717, 1.165) is 6.42 Å². The van der Waals surface area contributed by atoms with Gasteiger partial charge in [-0.05, 0) is 24.6 Å². The molecular formula is C12H12Cl2FN3. The number of rotatable bonds is 4. The second-order valence-corrected chi connectivity index (χ2v) is 4.55. The standard InChI is InChI=1S/C12H12Cl2FN3/c1-2-5-18-11(7-13)16-17-12(18)9-4-3-8(14)6-10(9)15/h3-4,6H,2,5,7H2,1H3. The maximum atomic E-state index is 13.9. The molecule has 6 heteroatoms. The van der Waals surface area contributed by atoms with E-state index in [9.17, 15) is 4.39 Å². The molecule has 2 aromatic rings. The van der Waals surface area contributed by atoms with Crippen molar-refractivity contribution in [1.82, 2.24) is 14.8 Å². The zero-order valence-corrected chi connectivity index (χ0v) is 11.3. The minimum Gasteiger partial charge on any atom is -0.310 e. The van der Waals surface area contributed by atoms with E-state index < -0.39 is 5.82 Å². The van der Waals surface area contributed by atoms with Crippen LogP contribution in [-0.2, 0) is 12.4 Å². The van der Waals surface area contributed by atoms with Gasteiger partial charge >= 0.3 is 0 Å². The summed E-state index contributed by atoms with van der Waals surface area (Å²) in [7, 11) is 0. The highest BCUT2D eigenvalue weighted by molar-refractivity contribution is 6.30. The second-order valence-electron chi connectivity index (χ2n) is 3.85. The van der Waals surface area contributed by atoms with E-state index in [2.05, 4.69) is 10.2 Å². The predicted octanol–water partition coefficient (Wildman–Crippen LogP) is 3.89. The average molecular weight is 288 g/mol. The largest absolute Gasteiger partial charge is 0.310 e. The molecule has 0 fully saturated rings. The van der Waals surface area contributed by atoms with Crippen LogP contribution >= 0.6 is 23.2 Å². The van der Waals surface area contributed by atoms with Crippen molar-refractivity contribution in [3.8, 4) is 11.4 Å². The summed E-state index contributed by atoms with van der Waals surface area (Å²) >= 11 is 11.5. The van der Waals surface area contributed by atoms with Crippen molar-refractivity contribution in [2.45, 2.75) is 25.8 Å². The molecule has 3 nitrogen and oxygen atoms in total. The summed E-state index contributed by atoms with van der Waals surface area (Å²) in [5.74, 6) is 0.972. The number of hydrogen-bond donors (Lipinski definition) is 0. The normalized spacial score (nSPS) is 10.9. The van der Waals surface area contributed by atoms with Gasteiger partial charge in [0, 0.05) is 11.6 Å². The lowest BCUT2D eigenvalue weighted by Crippen LogP contribution is -2.04. The molecule has 0 aliphatic heterocycles. The Bertz CT molecular complexity index is 554. The van der Waals surface area contributed by atoms with Crippen molar-refractivity contribution in [1.29, 1.82) is 0 Å². The predicted molar refractivity (Wildman–Crippen MR) is 70.3 cm³/mol. The maximum absolute atomic E-state index is 13.9. The van der Waals surface area contributed by atoms with Crippen LogP contribution in [0.2, 0.25) is 5.02 Å². The van der Waals surface area contributed by atoms with E-state index in [4.69, 9.17) is 23.2 Å². The van der Waals surface area contributed by atoms with Crippen molar-refractivity contribution in [2.75, 3.05) is 0 Å². The van der Waals surface area contributed by atoms with E-state index in [1.54, 1.807) is 12.1 Å². The highest BCUT2D eigenvalue weighted by Gasteiger charge is 2.15. The van der Waals surface area contributed by atoms with Crippen LogP contribution in [0.1, 0.15) is 19.2 Å². The highest BCUT2D eigenvalue weighted by Crippen LogP contribution is 2.25. The molecule has 1 heterocycles. The lowest BCUT2D eigenvalue weighted by atomic mass is 10.2. The third-order valence-electron chi connectivity index (χ3n) is 2.57. The molecule has 0 radical (unpaired) electrons. The lowest BCUT2D eigenvalue weighted by Gasteiger charge is -2.08. The first kappa shape index (κ1) is 13.3. The first-order chi connectivity index (χ1) is 8.67. The molecule has 1 aromatic heterocycles. The monoisotopic (exact) mass is 287 g/mol. The number of aromatic nitrogens is 3. The van der Waals surface area contributed by atoms with Gasteiger partial charge in [-0.25, -0.2) is 4.39 Å². The molecule has 2 rings (SSSR count). The Balaban J connectivity index is 2.52. The van der Waals surface area contributed by atoms with Crippen molar-refractivity contribution in [3.05, 3.63) is 34.9 Å². The van der Waals surface area contributed by atoms with Gasteiger partial charge in [-0.15, -0.1) is 21.8 Å². The number of halogens is 3. The molecule has 0 aliphatic carbocycles. The zero-order chi connectivity index (χ0) is 13.1. The van der Waals surface area contributed by atoms with Crippen LogP contribution in [0.25, 0.3) is 11.4 Å². The Labute approximate surface area is 115 Å². The van der Waals surface area contributed by atoms with Crippen LogP contribution in [0.4, 0.5) is 4.39 Å². The van der Waals surface area contributed by atoms with Gasteiger partial charge in [-0.3, -0.25) is 0 Å². The fraction of sp³-hybridized carbons (Fsp3) is 0.333. The van der Waals surface area contributed by atoms with Crippen LogP contribution in [0.5, 0.6) is 0 Å². The third kappa shape index (κ3) is 2.49. The molecule has 0 aliphatic rings. The fourth-order valence-corrected chi connectivity index (χ4v) is 2.12. The van der Waals surface area contributed by atoms with Gasteiger partial charge in [0.05, 0.1) is 11.4 Å². The first-order valence-corrected chi connectivity index (χ1v) is 6.52. The van der Waals surface area contributed by atoms with Gasteiger partial charge in [0.2, 0.25) is 0 Å². The van der Waals surface area contributed by atoms with E-state index in [1.165, 1.54) is 6.07 Å². The van der Waals surface area contributed by atoms with Gasteiger partial charge in [0.15, 0.2) is 5.82 Å². The van der Waals surface area contributed by atoms with Gasteiger partial charge < -0.3 is 4.57 Å². The van der Waals surface area contributed by atoms with Crippen LogP contribution in [-0.4, -0.2) is 14.8 Å². The molecule has 0 N–H and O–H groups in total. The number of alkyl halides is 1. The molecule has 0 saturated heterocycles. The Kier molecular flexibility index (Phi) is 4.19. The van der Waals surface area contributed by atoms with Crippen LogP contribution in [0.15, 0.2) is 18.2 Å². The molecule has 0 amide bonds. The van der Waals surface area contributed by atoms with Gasteiger partial charge in [-0.1, -0.05) is 18.5 Å². The van der Waals surface area contributed by atoms with Crippen LogP contribution in [0.3, 0.4) is 0 Å². The lowest BCUT2D eigenvalue weighted by molar-refractivity contribution is 0.621. The fourth-order valence-electron chi connectivity index (χ4n) is 1.76. The molecule has 0 bridgehead atoms. The van der Waals surface area contributed by atoms with Crippen molar-refractivity contribution in [2.24, 2.45) is 0 Å². The number of hydrogen-bond acceptors (Lipinski definition) is 2. The average Bonchev–Trinajstić information content (AvgIpc) is 2.73. The van der Waals surface area contributed by atoms with Crippen molar-refractivity contribution < 1.29 is 4.39 Å². The summed E-state index contributed by atoms with van der Waals surface area (Å²) in [6.07, 6.45) is 0.893. The smallest absolute Gasteiger partial charge is 0.166 e. The molecule has 0 unspecified atom stereocenters. The summed E-state index contributed by atoms with van der Waals surface area (Å²) in [5, 5.41) is 8.34. The Morgan fingerprint density at radius 2 is 2.11 bits per heavy atom. The second kappa shape index (κ2) is 5.67. The first-order valence-electron chi connectivity index (χ1n) is 5.60. The molecule has 0 saturated carbocycles. The Hall–Kier alpha value is -1.13. The molecule has 96 valence electrons. The van der Waals surface area contributed by atoms with Gasteiger partial charge in [0.1, 0.15) is 11.6 Å². The zero-order valence-electron chi connectivity index (χ0n) is 9.83. The van der Waals surface area contributed by atoms with Gasteiger partial charge in [-0.2, -0.15) is 0 Å². The molecule has 0 atom stereocenters. The summed E-state index contributed by atoms with van der Waals surface area (Å²) in [6, 6.07) is 4.50. The third-order valence-corrected chi connectivity index (χ3v) is 3.04. The maximum Gasteiger partial charge on any atom is 0.166 e. The number of benzene rings is 1. The number of nitrogens with zero attached hydrogens (tertiary/aromatic N) is 3. The quantitative estimate of drug-likeness (QED) is 0.799. The summed E-state index contributed by atoms with van der Waals surface area (Å²) in [4.78, 5) is 0.